The minimum Gasteiger partial charge on any atom is -0.321 e. The Morgan fingerprint density at radius 1 is 1.00 bits per heavy atom. The first-order chi connectivity index (χ1) is 15.5. The SMILES string of the molecule is Cc1ccc(NC(=O)/C(C#N)=C/c2cn(-c3ccccc3)nc2-c2ccccc2)c(C)c1. The van der Waals surface area contributed by atoms with E-state index in [-0.39, 0.29) is 5.57 Å². The van der Waals surface area contributed by atoms with Crippen LogP contribution in [-0.4, -0.2) is 15.7 Å². The fraction of sp³-hybridized carbons (Fsp3) is 0.0741. The van der Waals surface area contributed by atoms with Crippen molar-refractivity contribution in [2.45, 2.75) is 13.8 Å². The number of anilines is 1. The number of amides is 1. The molecule has 0 aliphatic heterocycles. The predicted octanol–water partition coefficient (Wildman–Crippen LogP) is 5.70. The maximum absolute atomic E-state index is 12.9. The second-order valence-corrected chi connectivity index (χ2v) is 7.52. The van der Waals surface area contributed by atoms with Crippen molar-refractivity contribution in [3.63, 3.8) is 0 Å². The monoisotopic (exact) mass is 418 g/mol. The highest BCUT2D eigenvalue weighted by molar-refractivity contribution is 6.10. The van der Waals surface area contributed by atoms with Crippen LogP contribution in [0.3, 0.4) is 0 Å². The molecule has 0 fully saturated rings. The smallest absolute Gasteiger partial charge is 0.266 e. The molecule has 0 radical (unpaired) electrons. The second-order valence-electron chi connectivity index (χ2n) is 7.52. The van der Waals surface area contributed by atoms with Gasteiger partial charge in [-0.25, -0.2) is 4.68 Å². The van der Waals surface area contributed by atoms with Gasteiger partial charge in [-0.2, -0.15) is 10.4 Å². The second kappa shape index (κ2) is 9.15. The van der Waals surface area contributed by atoms with Crippen molar-refractivity contribution in [3.8, 4) is 23.0 Å². The minimum atomic E-state index is -0.453. The van der Waals surface area contributed by atoms with E-state index in [2.05, 4.69) is 5.32 Å². The lowest BCUT2D eigenvalue weighted by Crippen LogP contribution is -2.14. The van der Waals surface area contributed by atoms with Crippen molar-refractivity contribution in [2.24, 2.45) is 0 Å². The first kappa shape index (κ1) is 20.8. The van der Waals surface area contributed by atoms with Crippen molar-refractivity contribution in [1.82, 2.24) is 9.78 Å². The summed E-state index contributed by atoms with van der Waals surface area (Å²) in [4.78, 5) is 12.9. The van der Waals surface area contributed by atoms with Crippen LogP contribution in [0.15, 0.2) is 90.6 Å². The molecule has 1 N–H and O–H groups in total. The molecular weight excluding hydrogens is 396 g/mol. The normalized spacial score (nSPS) is 11.1. The highest BCUT2D eigenvalue weighted by Crippen LogP contribution is 2.26. The van der Waals surface area contributed by atoms with Gasteiger partial charge in [-0.3, -0.25) is 4.79 Å². The Hall–Kier alpha value is -4.43. The van der Waals surface area contributed by atoms with Gasteiger partial charge in [-0.1, -0.05) is 66.2 Å². The van der Waals surface area contributed by atoms with Crippen molar-refractivity contribution in [3.05, 3.63) is 107 Å². The van der Waals surface area contributed by atoms with E-state index in [4.69, 9.17) is 5.10 Å². The number of rotatable bonds is 5. The number of benzene rings is 3. The third-order valence-corrected chi connectivity index (χ3v) is 5.11. The summed E-state index contributed by atoms with van der Waals surface area (Å²) in [5.41, 5.74) is 5.92. The third kappa shape index (κ3) is 4.50. The van der Waals surface area contributed by atoms with E-state index in [9.17, 15) is 10.1 Å². The molecule has 1 aromatic heterocycles. The van der Waals surface area contributed by atoms with Gasteiger partial charge in [0.25, 0.3) is 5.91 Å². The predicted molar refractivity (Wildman–Crippen MR) is 127 cm³/mol. The lowest BCUT2D eigenvalue weighted by atomic mass is 10.1. The average Bonchev–Trinajstić information content (AvgIpc) is 3.24. The Morgan fingerprint density at radius 3 is 2.34 bits per heavy atom. The molecule has 3 aromatic carbocycles. The molecule has 0 bridgehead atoms. The quantitative estimate of drug-likeness (QED) is 0.334. The first-order valence-electron chi connectivity index (χ1n) is 10.3. The van der Waals surface area contributed by atoms with Crippen molar-refractivity contribution in [2.75, 3.05) is 5.32 Å². The molecule has 1 heterocycles. The summed E-state index contributed by atoms with van der Waals surface area (Å²) in [7, 11) is 0. The number of nitrogens with one attached hydrogen (secondary N) is 1. The standard InChI is InChI=1S/C27H22N4O/c1-19-13-14-25(20(2)15-19)29-27(32)22(17-28)16-23-18-31(24-11-7-4-8-12-24)30-26(23)21-9-5-3-6-10-21/h3-16,18H,1-2H3,(H,29,32)/b22-16+. The lowest BCUT2D eigenvalue weighted by molar-refractivity contribution is -0.112. The van der Waals surface area contributed by atoms with E-state index in [1.807, 2.05) is 105 Å². The molecule has 1 amide bonds. The van der Waals surface area contributed by atoms with Gasteiger partial charge >= 0.3 is 0 Å². The zero-order valence-electron chi connectivity index (χ0n) is 17.9. The Kier molecular flexibility index (Phi) is 5.96. The lowest BCUT2D eigenvalue weighted by Gasteiger charge is -2.08. The molecule has 0 aliphatic rings. The molecule has 156 valence electrons. The molecule has 32 heavy (non-hydrogen) atoms. The van der Waals surface area contributed by atoms with Gasteiger partial charge in [0.15, 0.2) is 0 Å². The Morgan fingerprint density at radius 2 is 1.69 bits per heavy atom. The van der Waals surface area contributed by atoms with Gasteiger partial charge in [0.05, 0.1) is 11.4 Å². The van der Waals surface area contributed by atoms with Crippen LogP contribution in [0, 0.1) is 25.2 Å². The van der Waals surface area contributed by atoms with Crippen molar-refractivity contribution >= 4 is 17.7 Å². The first-order valence-corrected chi connectivity index (χ1v) is 10.3. The molecule has 4 aromatic rings. The van der Waals surface area contributed by atoms with Crippen LogP contribution in [0.2, 0.25) is 0 Å². The molecule has 0 saturated heterocycles. The number of hydrogen-bond donors (Lipinski definition) is 1. The Balaban J connectivity index is 1.74. The van der Waals surface area contributed by atoms with E-state index in [1.54, 1.807) is 10.8 Å². The fourth-order valence-corrected chi connectivity index (χ4v) is 3.47. The van der Waals surface area contributed by atoms with Crippen LogP contribution in [0.4, 0.5) is 5.69 Å². The van der Waals surface area contributed by atoms with Gasteiger partial charge < -0.3 is 5.32 Å². The highest BCUT2D eigenvalue weighted by Gasteiger charge is 2.16. The Bertz CT molecular complexity index is 1330. The Labute approximate surface area is 187 Å². The summed E-state index contributed by atoms with van der Waals surface area (Å²) < 4.78 is 1.76. The molecule has 5 nitrogen and oxygen atoms in total. The van der Waals surface area contributed by atoms with E-state index in [0.717, 1.165) is 22.4 Å². The summed E-state index contributed by atoms with van der Waals surface area (Å²) >= 11 is 0. The zero-order valence-corrected chi connectivity index (χ0v) is 17.9. The summed E-state index contributed by atoms with van der Waals surface area (Å²) in [6.07, 6.45) is 3.42. The van der Waals surface area contributed by atoms with Crippen LogP contribution >= 0.6 is 0 Å². The van der Waals surface area contributed by atoms with Gasteiger partial charge in [0, 0.05) is 23.0 Å². The zero-order chi connectivity index (χ0) is 22.5. The maximum Gasteiger partial charge on any atom is 0.266 e. The summed E-state index contributed by atoms with van der Waals surface area (Å²) in [5, 5.41) is 17.3. The topological polar surface area (TPSA) is 70.7 Å². The van der Waals surface area contributed by atoms with Gasteiger partial charge in [0.2, 0.25) is 0 Å². The third-order valence-electron chi connectivity index (χ3n) is 5.11. The minimum absolute atomic E-state index is 0.00904. The average molecular weight is 419 g/mol. The number of aromatic nitrogens is 2. The van der Waals surface area contributed by atoms with Crippen LogP contribution in [0.5, 0.6) is 0 Å². The maximum atomic E-state index is 12.9. The van der Waals surface area contributed by atoms with Crippen molar-refractivity contribution < 1.29 is 4.79 Å². The molecule has 5 heteroatoms. The van der Waals surface area contributed by atoms with E-state index >= 15 is 0 Å². The number of carbonyl (C=O) groups is 1. The van der Waals surface area contributed by atoms with Gasteiger partial charge in [-0.05, 0) is 43.7 Å². The molecule has 0 atom stereocenters. The summed E-state index contributed by atoms with van der Waals surface area (Å²) in [5.74, 6) is -0.453. The van der Waals surface area contributed by atoms with E-state index in [1.165, 1.54) is 0 Å². The molecular formula is C27H22N4O. The number of nitriles is 1. The number of para-hydroxylation sites is 1. The largest absolute Gasteiger partial charge is 0.321 e. The summed E-state index contributed by atoms with van der Waals surface area (Å²) in [6.45, 7) is 3.92. The molecule has 0 saturated carbocycles. The molecule has 0 unspecified atom stereocenters. The van der Waals surface area contributed by atoms with E-state index < -0.39 is 5.91 Å². The van der Waals surface area contributed by atoms with E-state index in [0.29, 0.717) is 16.9 Å². The van der Waals surface area contributed by atoms with Crippen LogP contribution in [0.1, 0.15) is 16.7 Å². The van der Waals surface area contributed by atoms with Crippen molar-refractivity contribution in [1.29, 1.82) is 5.26 Å². The van der Waals surface area contributed by atoms with Gasteiger partial charge in [0.1, 0.15) is 11.6 Å². The number of nitrogens with zero attached hydrogens (tertiary/aromatic N) is 3. The highest BCUT2D eigenvalue weighted by atomic mass is 16.1. The summed E-state index contributed by atoms with van der Waals surface area (Å²) in [6, 6.07) is 27.2. The fourth-order valence-electron chi connectivity index (χ4n) is 3.47. The van der Waals surface area contributed by atoms with Gasteiger partial charge in [-0.15, -0.1) is 0 Å². The van der Waals surface area contributed by atoms with Crippen LogP contribution < -0.4 is 5.32 Å². The molecule has 0 aliphatic carbocycles. The number of carbonyl (C=O) groups excluding carboxylic acids is 1. The molecule has 4 rings (SSSR count). The number of hydrogen-bond acceptors (Lipinski definition) is 3. The van der Waals surface area contributed by atoms with Crippen LogP contribution in [0.25, 0.3) is 23.0 Å². The van der Waals surface area contributed by atoms with Crippen LogP contribution in [-0.2, 0) is 4.79 Å². The molecule has 0 spiro atoms. The number of aryl methyl sites for hydroxylation is 2.